The molecule has 86 valence electrons. The lowest BCUT2D eigenvalue weighted by atomic mass is 10.1. The summed E-state index contributed by atoms with van der Waals surface area (Å²) in [5.41, 5.74) is 3.86. The van der Waals surface area contributed by atoms with Crippen LogP contribution in [0.5, 0.6) is 0 Å². The molecule has 0 spiro atoms. The van der Waals surface area contributed by atoms with E-state index in [9.17, 15) is 0 Å². The molecule has 1 unspecified atom stereocenters. The van der Waals surface area contributed by atoms with Gasteiger partial charge in [0, 0.05) is 37.5 Å². The van der Waals surface area contributed by atoms with E-state index in [4.69, 9.17) is 10.3 Å². The molecule has 2 rings (SSSR count). The molecule has 1 atom stereocenters. The maximum Gasteiger partial charge on any atom is 0.108 e. The summed E-state index contributed by atoms with van der Waals surface area (Å²) in [7, 11) is 1.99. The average Bonchev–Trinajstić information content (AvgIpc) is 2.92. The number of hydrazine groups is 1. The van der Waals surface area contributed by atoms with Crippen LogP contribution in [0.3, 0.4) is 0 Å². The first-order chi connectivity index (χ1) is 7.81. The Morgan fingerprint density at radius 3 is 3.06 bits per heavy atom. The second-order valence-corrected chi connectivity index (χ2v) is 3.77. The van der Waals surface area contributed by atoms with Crippen molar-refractivity contribution in [3.05, 3.63) is 42.4 Å². The third-order valence-electron chi connectivity index (χ3n) is 2.72. The summed E-state index contributed by atoms with van der Waals surface area (Å²) in [5.74, 6) is 6.58. The van der Waals surface area contributed by atoms with E-state index in [-0.39, 0.29) is 6.04 Å². The molecule has 0 aliphatic carbocycles. The standard InChI is InChI=1S/C11H16N4O/c1-15-6-5-13-11(15)3-2-10(14-12)9-4-7-16-8-9/h4-8,10,14H,2-3,12H2,1H3. The Labute approximate surface area is 94.2 Å². The molecule has 16 heavy (non-hydrogen) atoms. The molecule has 0 aliphatic heterocycles. The lowest BCUT2D eigenvalue weighted by Gasteiger charge is -2.13. The van der Waals surface area contributed by atoms with E-state index in [2.05, 4.69) is 10.4 Å². The van der Waals surface area contributed by atoms with Gasteiger partial charge in [0.05, 0.1) is 12.5 Å². The highest BCUT2D eigenvalue weighted by atomic mass is 16.3. The zero-order valence-electron chi connectivity index (χ0n) is 9.26. The molecule has 2 aromatic rings. The number of hydrogen-bond donors (Lipinski definition) is 2. The molecular weight excluding hydrogens is 204 g/mol. The molecule has 0 fully saturated rings. The fraction of sp³-hybridized carbons (Fsp3) is 0.364. The number of aryl methyl sites for hydroxylation is 2. The van der Waals surface area contributed by atoms with Gasteiger partial charge in [-0.3, -0.25) is 11.3 Å². The van der Waals surface area contributed by atoms with Gasteiger partial charge in [-0.1, -0.05) is 0 Å². The number of nitrogens with one attached hydrogen (secondary N) is 1. The summed E-state index contributed by atoms with van der Waals surface area (Å²) in [6.45, 7) is 0. The number of aromatic nitrogens is 2. The maximum atomic E-state index is 5.52. The van der Waals surface area contributed by atoms with E-state index >= 15 is 0 Å². The number of furan rings is 1. The first kappa shape index (κ1) is 10.9. The van der Waals surface area contributed by atoms with Crippen LogP contribution in [0.25, 0.3) is 0 Å². The average molecular weight is 220 g/mol. The van der Waals surface area contributed by atoms with E-state index in [1.165, 1.54) is 0 Å². The van der Waals surface area contributed by atoms with Crippen molar-refractivity contribution in [3.63, 3.8) is 0 Å². The predicted molar refractivity (Wildman–Crippen MR) is 60.3 cm³/mol. The summed E-state index contributed by atoms with van der Waals surface area (Å²) < 4.78 is 7.06. The summed E-state index contributed by atoms with van der Waals surface area (Å²) >= 11 is 0. The fourth-order valence-corrected chi connectivity index (χ4v) is 1.73. The minimum atomic E-state index is 0.107. The summed E-state index contributed by atoms with van der Waals surface area (Å²) in [4.78, 5) is 4.27. The third kappa shape index (κ3) is 2.32. The molecule has 0 radical (unpaired) electrons. The van der Waals surface area contributed by atoms with Gasteiger partial charge < -0.3 is 8.98 Å². The molecule has 3 N–H and O–H groups in total. The van der Waals surface area contributed by atoms with Gasteiger partial charge in [-0.25, -0.2) is 4.98 Å². The zero-order valence-corrected chi connectivity index (χ0v) is 9.26. The minimum Gasteiger partial charge on any atom is -0.472 e. The van der Waals surface area contributed by atoms with Crippen LogP contribution >= 0.6 is 0 Å². The monoisotopic (exact) mass is 220 g/mol. The highest BCUT2D eigenvalue weighted by molar-refractivity contribution is 5.11. The van der Waals surface area contributed by atoms with Crippen LogP contribution in [0.4, 0.5) is 0 Å². The highest BCUT2D eigenvalue weighted by Crippen LogP contribution is 2.18. The molecule has 0 saturated heterocycles. The molecule has 2 heterocycles. The summed E-state index contributed by atoms with van der Waals surface area (Å²) in [6.07, 6.45) is 8.88. The zero-order chi connectivity index (χ0) is 11.4. The number of rotatable bonds is 5. The van der Waals surface area contributed by atoms with Crippen LogP contribution in [0.2, 0.25) is 0 Å². The molecular formula is C11H16N4O. The van der Waals surface area contributed by atoms with E-state index in [1.807, 2.05) is 23.9 Å². The summed E-state index contributed by atoms with van der Waals surface area (Å²) in [6, 6.07) is 2.03. The van der Waals surface area contributed by atoms with Crippen LogP contribution in [0.1, 0.15) is 23.9 Å². The topological polar surface area (TPSA) is 69.0 Å². The van der Waals surface area contributed by atoms with Crippen molar-refractivity contribution in [2.24, 2.45) is 12.9 Å². The quantitative estimate of drug-likeness (QED) is 0.586. The van der Waals surface area contributed by atoms with E-state index in [0.29, 0.717) is 0 Å². The minimum absolute atomic E-state index is 0.107. The molecule has 0 saturated carbocycles. The lowest BCUT2D eigenvalue weighted by molar-refractivity contribution is 0.494. The van der Waals surface area contributed by atoms with Crippen molar-refractivity contribution < 1.29 is 4.42 Å². The second kappa shape index (κ2) is 4.96. The molecule has 0 amide bonds. The number of hydrogen-bond acceptors (Lipinski definition) is 4. The highest BCUT2D eigenvalue weighted by Gasteiger charge is 2.11. The predicted octanol–water partition coefficient (Wildman–Crippen LogP) is 1.15. The first-order valence-corrected chi connectivity index (χ1v) is 5.25. The number of nitrogens with two attached hydrogens (primary N) is 1. The van der Waals surface area contributed by atoms with Gasteiger partial charge in [0.15, 0.2) is 0 Å². The molecule has 2 aromatic heterocycles. The van der Waals surface area contributed by atoms with Gasteiger partial charge in [0.25, 0.3) is 0 Å². The van der Waals surface area contributed by atoms with Gasteiger partial charge in [-0.15, -0.1) is 0 Å². The molecule has 0 bridgehead atoms. The lowest BCUT2D eigenvalue weighted by Crippen LogP contribution is -2.28. The van der Waals surface area contributed by atoms with Crippen molar-refractivity contribution in [1.29, 1.82) is 0 Å². The molecule has 5 nitrogen and oxygen atoms in total. The largest absolute Gasteiger partial charge is 0.472 e. The van der Waals surface area contributed by atoms with E-state index in [0.717, 1.165) is 24.2 Å². The van der Waals surface area contributed by atoms with Gasteiger partial charge >= 0.3 is 0 Å². The van der Waals surface area contributed by atoms with Crippen LogP contribution in [0.15, 0.2) is 35.4 Å². The Bertz CT molecular complexity index is 421. The Balaban J connectivity index is 1.96. The van der Waals surface area contributed by atoms with Crippen LogP contribution in [-0.2, 0) is 13.5 Å². The fourth-order valence-electron chi connectivity index (χ4n) is 1.73. The van der Waals surface area contributed by atoms with Crippen LogP contribution < -0.4 is 11.3 Å². The SMILES string of the molecule is Cn1ccnc1CCC(NN)c1ccoc1. The number of nitrogens with zero attached hydrogens (tertiary/aromatic N) is 2. The summed E-state index contributed by atoms with van der Waals surface area (Å²) in [5, 5.41) is 0. The van der Waals surface area contributed by atoms with Crippen molar-refractivity contribution in [1.82, 2.24) is 15.0 Å². The van der Waals surface area contributed by atoms with Gasteiger partial charge in [-0.2, -0.15) is 0 Å². The Kier molecular flexibility index (Phi) is 3.38. The van der Waals surface area contributed by atoms with Crippen molar-refractivity contribution in [3.8, 4) is 0 Å². The Morgan fingerprint density at radius 2 is 2.50 bits per heavy atom. The third-order valence-corrected chi connectivity index (χ3v) is 2.72. The Morgan fingerprint density at radius 1 is 1.62 bits per heavy atom. The van der Waals surface area contributed by atoms with Gasteiger partial charge in [-0.05, 0) is 12.5 Å². The molecule has 0 aliphatic rings. The van der Waals surface area contributed by atoms with Crippen molar-refractivity contribution in [2.45, 2.75) is 18.9 Å². The molecule has 5 heteroatoms. The Hall–Kier alpha value is -1.59. The van der Waals surface area contributed by atoms with Crippen LogP contribution in [0, 0.1) is 0 Å². The number of imidazole rings is 1. The maximum absolute atomic E-state index is 5.52. The van der Waals surface area contributed by atoms with Gasteiger partial charge in [0.1, 0.15) is 5.82 Å². The first-order valence-electron chi connectivity index (χ1n) is 5.25. The molecule has 0 aromatic carbocycles. The van der Waals surface area contributed by atoms with Gasteiger partial charge in [0.2, 0.25) is 0 Å². The van der Waals surface area contributed by atoms with E-state index < -0.39 is 0 Å². The normalized spacial score (nSPS) is 12.9. The van der Waals surface area contributed by atoms with Crippen LogP contribution in [-0.4, -0.2) is 9.55 Å². The smallest absolute Gasteiger partial charge is 0.108 e. The van der Waals surface area contributed by atoms with Crippen molar-refractivity contribution in [2.75, 3.05) is 0 Å². The van der Waals surface area contributed by atoms with Crippen molar-refractivity contribution >= 4 is 0 Å². The van der Waals surface area contributed by atoms with E-state index in [1.54, 1.807) is 18.7 Å². The second-order valence-electron chi connectivity index (χ2n) is 3.77.